The molecule has 0 saturated carbocycles. The maximum Gasteiger partial charge on any atom is 0.255 e. The topological polar surface area (TPSA) is 38.3 Å². The van der Waals surface area contributed by atoms with Crippen LogP contribution in [-0.2, 0) is 18.3 Å². The van der Waals surface area contributed by atoms with Crippen LogP contribution in [0.3, 0.4) is 0 Å². The lowest BCUT2D eigenvalue weighted by Crippen LogP contribution is -2.18. The predicted molar refractivity (Wildman–Crippen MR) is 195 cm³/mol. The lowest BCUT2D eigenvalue weighted by molar-refractivity contribution is 0.102. The largest absolute Gasteiger partial charge is 0.457 e. The number of hydrogen-bond donors (Lipinski definition) is 1. The van der Waals surface area contributed by atoms with Gasteiger partial charge in [0.15, 0.2) is 0 Å². The highest BCUT2D eigenvalue weighted by molar-refractivity contribution is 6.04. The van der Waals surface area contributed by atoms with Gasteiger partial charge in [0.05, 0.1) is 0 Å². The van der Waals surface area contributed by atoms with E-state index in [1.54, 1.807) is 0 Å². The van der Waals surface area contributed by atoms with Crippen LogP contribution < -0.4 is 10.1 Å². The van der Waals surface area contributed by atoms with Gasteiger partial charge in [-0.05, 0) is 109 Å². The van der Waals surface area contributed by atoms with Gasteiger partial charge < -0.3 is 10.1 Å². The van der Waals surface area contributed by atoms with Gasteiger partial charge in [-0.2, -0.15) is 0 Å². The van der Waals surface area contributed by atoms with Crippen LogP contribution >= 0.6 is 0 Å². The van der Waals surface area contributed by atoms with E-state index in [1.165, 1.54) is 38.9 Å². The standard InChI is InChI=1S/C44H41NO2/c1-31-5-15-35(16-6-31)36-19-21-38(22-20-36)44(3,4)39-23-29-42(30-24-39)47-41-27-13-34(14-28-41)10-9-33-11-17-37(18-12-33)43(46)45-40-25-7-32(2)8-26-40/h5-8,11-30H,9-10H2,1-4H3,(H,45,46). The molecule has 47 heavy (non-hydrogen) atoms. The van der Waals surface area contributed by atoms with Crippen LogP contribution in [0.2, 0.25) is 0 Å². The van der Waals surface area contributed by atoms with Crippen LogP contribution in [-0.4, -0.2) is 5.91 Å². The summed E-state index contributed by atoms with van der Waals surface area (Å²) in [6, 6.07) is 50.0. The lowest BCUT2D eigenvalue weighted by atomic mass is 9.78. The summed E-state index contributed by atoms with van der Waals surface area (Å²) < 4.78 is 6.19. The minimum absolute atomic E-state index is 0.0989. The minimum Gasteiger partial charge on any atom is -0.457 e. The Hall–Kier alpha value is -5.41. The van der Waals surface area contributed by atoms with Crippen LogP contribution in [0.1, 0.15) is 57.6 Å². The minimum atomic E-state index is -0.139. The molecular weight excluding hydrogens is 574 g/mol. The SMILES string of the molecule is Cc1ccc(NC(=O)c2ccc(CCc3ccc(Oc4ccc(C(C)(C)c5ccc(-c6ccc(C)cc6)cc5)cc4)cc3)cc2)cc1. The van der Waals surface area contributed by atoms with Gasteiger partial charge in [0.2, 0.25) is 0 Å². The van der Waals surface area contributed by atoms with Crippen molar-refractivity contribution in [2.24, 2.45) is 0 Å². The van der Waals surface area contributed by atoms with E-state index < -0.39 is 0 Å². The monoisotopic (exact) mass is 615 g/mol. The molecular formula is C44H41NO2. The zero-order chi connectivity index (χ0) is 32.8. The predicted octanol–water partition coefficient (Wildman–Crippen LogP) is 11.1. The molecule has 1 N–H and O–H groups in total. The number of rotatable bonds is 10. The van der Waals surface area contributed by atoms with Crippen molar-refractivity contribution in [3.05, 3.63) is 185 Å². The van der Waals surface area contributed by atoms with Gasteiger partial charge >= 0.3 is 0 Å². The number of anilines is 1. The maximum absolute atomic E-state index is 12.6. The van der Waals surface area contributed by atoms with Gasteiger partial charge in [-0.3, -0.25) is 4.79 Å². The molecule has 6 aromatic rings. The number of aryl methyl sites for hydroxylation is 4. The Balaban J connectivity index is 1.01. The van der Waals surface area contributed by atoms with E-state index in [0.717, 1.165) is 35.6 Å². The number of nitrogens with one attached hydrogen (secondary N) is 1. The average Bonchev–Trinajstić information content (AvgIpc) is 3.10. The zero-order valence-electron chi connectivity index (χ0n) is 27.6. The normalized spacial score (nSPS) is 11.2. The van der Waals surface area contributed by atoms with Gasteiger partial charge in [0.25, 0.3) is 5.91 Å². The second-order valence-electron chi connectivity index (χ2n) is 12.9. The molecule has 0 radical (unpaired) electrons. The Morgan fingerprint density at radius 1 is 0.532 bits per heavy atom. The first-order valence-corrected chi connectivity index (χ1v) is 16.2. The fourth-order valence-electron chi connectivity index (χ4n) is 5.74. The molecule has 0 aliphatic rings. The first kappa shape index (κ1) is 31.6. The van der Waals surface area contributed by atoms with Crippen molar-refractivity contribution in [1.29, 1.82) is 0 Å². The average molecular weight is 616 g/mol. The highest BCUT2D eigenvalue weighted by Crippen LogP contribution is 2.34. The third kappa shape index (κ3) is 7.88. The summed E-state index contributed by atoms with van der Waals surface area (Å²) in [7, 11) is 0. The molecule has 0 heterocycles. The van der Waals surface area contributed by atoms with E-state index in [1.807, 2.05) is 67.6 Å². The van der Waals surface area contributed by atoms with Crippen molar-refractivity contribution in [3.8, 4) is 22.6 Å². The molecule has 234 valence electrons. The van der Waals surface area contributed by atoms with Crippen molar-refractivity contribution in [3.63, 3.8) is 0 Å². The number of ether oxygens (including phenoxy) is 1. The molecule has 0 unspecified atom stereocenters. The Kier molecular flexibility index (Phi) is 9.35. The zero-order valence-corrected chi connectivity index (χ0v) is 27.6. The number of benzene rings is 6. The second-order valence-corrected chi connectivity index (χ2v) is 12.9. The smallest absolute Gasteiger partial charge is 0.255 e. The Bertz CT molecular complexity index is 1920. The van der Waals surface area contributed by atoms with Crippen LogP contribution in [0.5, 0.6) is 11.5 Å². The van der Waals surface area contributed by atoms with Gasteiger partial charge in [0, 0.05) is 16.7 Å². The lowest BCUT2D eigenvalue weighted by Gasteiger charge is -2.26. The number of amides is 1. The van der Waals surface area contributed by atoms with Crippen LogP contribution in [0.15, 0.2) is 146 Å². The molecule has 0 saturated heterocycles. The molecule has 6 aromatic carbocycles. The van der Waals surface area contributed by atoms with Gasteiger partial charge in [-0.25, -0.2) is 0 Å². The van der Waals surface area contributed by atoms with Crippen molar-refractivity contribution in [1.82, 2.24) is 0 Å². The van der Waals surface area contributed by atoms with Gasteiger partial charge in [-0.1, -0.05) is 122 Å². The molecule has 3 heteroatoms. The Labute approximate surface area is 278 Å². The van der Waals surface area contributed by atoms with E-state index in [4.69, 9.17) is 4.74 Å². The third-order valence-electron chi connectivity index (χ3n) is 8.95. The summed E-state index contributed by atoms with van der Waals surface area (Å²) in [5.41, 5.74) is 11.2. The molecule has 1 amide bonds. The summed E-state index contributed by atoms with van der Waals surface area (Å²) >= 11 is 0. The van der Waals surface area contributed by atoms with Gasteiger partial charge in [-0.15, -0.1) is 0 Å². The van der Waals surface area contributed by atoms with Crippen molar-refractivity contribution in [2.75, 3.05) is 5.32 Å². The summed E-state index contributed by atoms with van der Waals surface area (Å²) in [6.45, 7) is 8.67. The molecule has 3 nitrogen and oxygen atoms in total. The van der Waals surface area contributed by atoms with E-state index in [0.29, 0.717) is 5.56 Å². The first-order valence-electron chi connectivity index (χ1n) is 16.2. The Morgan fingerprint density at radius 2 is 0.936 bits per heavy atom. The molecule has 0 aliphatic heterocycles. The summed E-state index contributed by atoms with van der Waals surface area (Å²) in [6.07, 6.45) is 1.80. The fourth-order valence-corrected chi connectivity index (χ4v) is 5.74. The molecule has 0 atom stereocenters. The van der Waals surface area contributed by atoms with Crippen LogP contribution in [0, 0.1) is 13.8 Å². The molecule has 0 bridgehead atoms. The second kappa shape index (κ2) is 13.9. The number of carbonyl (C=O) groups is 1. The molecule has 0 aliphatic carbocycles. The van der Waals surface area contributed by atoms with Crippen molar-refractivity contribution in [2.45, 2.75) is 46.0 Å². The van der Waals surface area contributed by atoms with E-state index in [2.05, 4.69) is 111 Å². The van der Waals surface area contributed by atoms with Crippen LogP contribution in [0.4, 0.5) is 5.69 Å². The summed E-state index contributed by atoms with van der Waals surface area (Å²) in [4.78, 5) is 12.6. The van der Waals surface area contributed by atoms with E-state index >= 15 is 0 Å². The quantitative estimate of drug-likeness (QED) is 0.166. The highest BCUT2D eigenvalue weighted by atomic mass is 16.5. The summed E-state index contributed by atoms with van der Waals surface area (Å²) in [5.74, 6) is 1.54. The van der Waals surface area contributed by atoms with Crippen molar-refractivity contribution < 1.29 is 9.53 Å². The van der Waals surface area contributed by atoms with Gasteiger partial charge in [0.1, 0.15) is 11.5 Å². The number of carbonyl (C=O) groups excluding carboxylic acids is 1. The number of hydrogen-bond acceptors (Lipinski definition) is 2. The van der Waals surface area contributed by atoms with Crippen LogP contribution in [0.25, 0.3) is 11.1 Å². The molecule has 6 rings (SSSR count). The molecule has 0 spiro atoms. The van der Waals surface area contributed by atoms with E-state index in [9.17, 15) is 4.79 Å². The third-order valence-corrected chi connectivity index (χ3v) is 8.95. The fraction of sp³-hybridized carbons (Fsp3) is 0.159. The molecule has 0 fully saturated rings. The Morgan fingerprint density at radius 3 is 1.45 bits per heavy atom. The molecule has 0 aromatic heterocycles. The first-order chi connectivity index (χ1) is 22.7. The van der Waals surface area contributed by atoms with Crippen molar-refractivity contribution >= 4 is 11.6 Å². The van der Waals surface area contributed by atoms with E-state index in [-0.39, 0.29) is 11.3 Å². The maximum atomic E-state index is 12.6. The highest BCUT2D eigenvalue weighted by Gasteiger charge is 2.23. The summed E-state index contributed by atoms with van der Waals surface area (Å²) in [5, 5.41) is 2.96.